The van der Waals surface area contributed by atoms with Crippen molar-refractivity contribution in [1.82, 2.24) is 9.88 Å². The molecule has 3 rings (SSSR count). The molecule has 1 spiro atoms. The van der Waals surface area contributed by atoms with Gasteiger partial charge in [-0.1, -0.05) is 11.6 Å². The molecule has 0 bridgehead atoms. The summed E-state index contributed by atoms with van der Waals surface area (Å²) in [4.78, 5) is 5.96. The number of ether oxygens (including phenoxy) is 1. The number of halogens is 1. The molecule has 90 valence electrons. The molecule has 0 radical (unpaired) electrons. The van der Waals surface area contributed by atoms with Crippen molar-refractivity contribution in [1.29, 1.82) is 5.41 Å². The topological polar surface area (TPSA) is 75.2 Å². The molecule has 2 aliphatic heterocycles. The Hall–Kier alpha value is -1.33. The van der Waals surface area contributed by atoms with Crippen LogP contribution in [0.4, 0.5) is 5.69 Å². The van der Waals surface area contributed by atoms with E-state index < -0.39 is 0 Å². The average molecular weight is 253 g/mol. The van der Waals surface area contributed by atoms with Gasteiger partial charge in [-0.3, -0.25) is 5.41 Å². The lowest BCUT2D eigenvalue weighted by Gasteiger charge is -2.55. The van der Waals surface area contributed by atoms with Crippen molar-refractivity contribution in [2.45, 2.75) is 0 Å². The quantitative estimate of drug-likeness (QED) is 0.444. The number of nitrogens with two attached hydrogens (primary N) is 1. The lowest BCUT2D eigenvalue weighted by atomic mass is 9.77. The van der Waals surface area contributed by atoms with Crippen LogP contribution in [-0.2, 0) is 4.74 Å². The second kappa shape index (κ2) is 3.58. The molecule has 3 heterocycles. The molecule has 1 aromatic heterocycles. The molecule has 5 nitrogen and oxygen atoms in total. The summed E-state index contributed by atoms with van der Waals surface area (Å²) in [5.74, 6) is 0.421. The first-order valence-corrected chi connectivity index (χ1v) is 5.80. The van der Waals surface area contributed by atoms with Crippen LogP contribution in [0.25, 0.3) is 0 Å². The Morgan fingerprint density at radius 1 is 1.53 bits per heavy atom. The molecule has 0 atom stereocenters. The van der Waals surface area contributed by atoms with Crippen LogP contribution in [0.2, 0.25) is 5.15 Å². The number of nitrogens with zero attached hydrogens (tertiary/aromatic N) is 2. The standard InChI is InChI=1S/C11H13ClN4O/c12-9-1-8(13)7(2-15-9)10(14)16-3-11(4-16)5-17-6-11/h1-2,14H,3-6H2,(H2,13,15). The zero-order chi connectivity index (χ0) is 12.0. The third-order valence-corrected chi connectivity index (χ3v) is 3.55. The minimum Gasteiger partial charge on any atom is -0.398 e. The van der Waals surface area contributed by atoms with E-state index in [4.69, 9.17) is 27.5 Å². The fourth-order valence-electron chi connectivity index (χ4n) is 2.31. The first-order valence-electron chi connectivity index (χ1n) is 5.42. The molecule has 17 heavy (non-hydrogen) atoms. The smallest absolute Gasteiger partial charge is 0.131 e. The molecule has 0 aromatic carbocycles. The number of likely N-dealkylation sites (tertiary alicyclic amines) is 1. The largest absolute Gasteiger partial charge is 0.398 e. The molecule has 2 aliphatic rings. The van der Waals surface area contributed by atoms with Gasteiger partial charge in [0.25, 0.3) is 0 Å². The molecule has 1 aromatic rings. The maximum atomic E-state index is 8.10. The van der Waals surface area contributed by atoms with E-state index in [1.807, 2.05) is 4.90 Å². The van der Waals surface area contributed by atoms with Crippen molar-refractivity contribution in [3.63, 3.8) is 0 Å². The van der Waals surface area contributed by atoms with Crippen LogP contribution in [0.3, 0.4) is 0 Å². The van der Waals surface area contributed by atoms with Crippen molar-refractivity contribution in [2.24, 2.45) is 5.41 Å². The molecule has 0 aliphatic carbocycles. The molecule has 3 N–H and O–H groups in total. The maximum absolute atomic E-state index is 8.10. The molecule has 2 saturated heterocycles. The number of hydrogen-bond donors (Lipinski definition) is 2. The van der Waals surface area contributed by atoms with Crippen LogP contribution in [-0.4, -0.2) is 42.0 Å². The summed E-state index contributed by atoms with van der Waals surface area (Å²) in [5, 5.41) is 8.45. The van der Waals surface area contributed by atoms with Gasteiger partial charge in [-0.05, 0) is 6.07 Å². The Morgan fingerprint density at radius 3 is 2.76 bits per heavy atom. The van der Waals surface area contributed by atoms with Crippen LogP contribution in [0, 0.1) is 10.8 Å². The lowest BCUT2D eigenvalue weighted by molar-refractivity contribution is -0.171. The van der Waals surface area contributed by atoms with Gasteiger partial charge in [0.2, 0.25) is 0 Å². The normalized spacial score (nSPS) is 20.9. The van der Waals surface area contributed by atoms with Crippen molar-refractivity contribution >= 4 is 23.1 Å². The van der Waals surface area contributed by atoms with E-state index in [9.17, 15) is 0 Å². The predicted molar refractivity (Wildman–Crippen MR) is 65.3 cm³/mol. The fourth-order valence-corrected chi connectivity index (χ4v) is 2.47. The second-order valence-electron chi connectivity index (χ2n) is 4.79. The number of nitrogens with one attached hydrogen (secondary N) is 1. The summed E-state index contributed by atoms with van der Waals surface area (Å²) in [5.41, 5.74) is 7.27. The predicted octanol–water partition coefficient (Wildman–Crippen LogP) is 0.975. The van der Waals surface area contributed by atoms with Gasteiger partial charge in [0.05, 0.1) is 24.2 Å². The number of anilines is 1. The second-order valence-corrected chi connectivity index (χ2v) is 5.18. The maximum Gasteiger partial charge on any atom is 0.131 e. The zero-order valence-corrected chi connectivity index (χ0v) is 10.00. The van der Waals surface area contributed by atoms with Crippen LogP contribution >= 0.6 is 11.6 Å². The van der Waals surface area contributed by atoms with Gasteiger partial charge >= 0.3 is 0 Å². The number of amidine groups is 1. The number of nitrogen functional groups attached to an aromatic ring is 1. The van der Waals surface area contributed by atoms with Gasteiger partial charge in [0, 0.05) is 25.0 Å². The number of hydrogen-bond acceptors (Lipinski definition) is 4. The SMILES string of the molecule is N=C(c1cnc(Cl)cc1N)N1CC2(COC2)C1. The van der Waals surface area contributed by atoms with E-state index in [0.717, 1.165) is 26.3 Å². The van der Waals surface area contributed by atoms with Gasteiger partial charge in [-0.2, -0.15) is 0 Å². The van der Waals surface area contributed by atoms with Crippen LogP contribution in [0.1, 0.15) is 5.56 Å². The van der Waals surface area contributed by atoms with Gasteiger partial charge in [-0.25, -0.2) is 4.98 Å². The Morgan fingerprint density at radius 2 is 2.24 bits per heavy atom. The summed E-state index contributed by atoms with van der Waals surface area (Å²) >= 11 is 5.73. The summed E-state index contributed by atoms with van der Waals surface area (Å²) in [6.07, 6.45) is 1.56. The summed E-state index contributed by atoms with van der Waals surface area (Å²) in [7, 11) is 0. The fraction of sp³-hybridized carbons (Fsp3) is 0.455. The van der Waals surface area contributed by atoms with E-state index >= 15 is 0 Å². The van der Waals surface area contributed by atoms with Gasteiger partial charge in [0.1, 0.15) is 11.0 Å². The van der Waals surface area contributed by atoms with Crippen molar-refractivity contribution in [3.8, 4) is 0 Å². The van der Waals surface area contributed by atoms with E-state index in [1.54, 1.807) is 12.3 Å². The number of pyridine rings is 1. The first-order chi connectivity index (χ1) is 8.10. The molecule has 6 heteroatoms. The molecule has 2 fully saturated rings. The monoisotopic (exact) mass is 252 g/mol. The van der Waals surface area contributed by atoms with Crippen molar-refractivity contribution < 1.29 is 4.74 Å². The molecule has 0 unspecified atom stereocenters. The molecule has 0 amide bonds. The summed E-state index contributed by atoms with van der Waals surface area (Å²) in [6.45, 7) is 3.36. The van der Waals surface area contributed by atoms with E-state index in [-0.39, 0.29) is 0 Å². The number of aromatic nitrogens is 1. The highest BCUT2D eigenvalue weighted by Crippen LogP contribution is 2.38. The third-order valence-electron chi connectivity index (χ3n) is 3.34. The third kappa shape index (κ3) is 1.66. The first kappa shape index (κ1) is 10.8. The van der Waals surface area contributed by atoms with Crippen molar-refractivity contribution in [2.75, 3.05) is 32.0 Å². The van der Waals surface area contributed by atoms with E-state index in [1.165, 1.54) is 0 Å². The Labute approximate surface area is 104 Å². The van der Waals surface area contributed by atoms with E-state index in [2.05, 4.69) is 4.98 Å². The van der Waals surface area contributed by atoms with Crippen molar-refractivity contribution in [3.05, 3.63) is 23.0 Å². The Kier molecular flexibility index (Phi) is 2.27. The van der Waals surface area contributed by atoms with E-state index in [0.29, 0.717) is 27.7 Å². The minimum atomic E-state index is 0.293. The number of rotatable bonds is 1. The average Bonchev–Trinajstić information content (AvgIpc) is 2.12. The highest BCUT2D eigenvalue weighted by molar-refractivity contribution is 6.29. The van der Waals surface area contributed by atoms with Gasteiger partial charge < -0.3 is 15.4 Å². The molecule has 0 saturated carbocycles. The Bertz CT molecular complexity index is 478. The Balaban J connectivity index is 1.74. The minimum absolute atomic E-state index is 0.293. The van der Waals surface area contributed by atoms with Crippen LogP contribution in [0.15, 0.2) is 12.3 Å². The zero-order valence-electron chi connectivity index (χ0n) is 9.24. The van der Waals surface area contributed by atoms with Crippen LogP contribution in [0.5, 0.6) is 0 Å². The molecular formula is C11H13ClN4O. The summed E-state index contributed by atoms with van der Waals surface area (Å²) in [6, 6.07) is 1.58. The highest BCUT2D eigenvalue weighted by Gasteiger charge is 2.50. The molecular weight excluding hydrogens is 240 g/mol. The highest BCUT2D eigenvalue weighted by atomic mass is 35.5. The van der Waals surface area contributed by atoms with Gasteiger partial charge in [-0.15, -0.1) is 0 Å². The lowest BCUT2D eigenvalue weighted by Crippen LogP contribution is -2.67. The van der Waals surface area contributed by atoms with Gasteiger partial charge in [0.15, 0.2) is 0 Å². The van der Waals surface area contributed by atoms with Crippen LogP contribution < -0.4 is 5.73 Å². The summed E-state index contributed by atoms with van der Waals surface area (Å²) < 4.78 is 5.20.